The second-order valence-corrected chi connectivity index (χ2v) is 8.18. The number of carbonyl (C=O) groups excluding carboxylic acids is 1. The lowest BCUT2D eigenvalue weighted by atomic mass is 10.1. The minimum absolute atomic E-state index is 0. The number of hydrogen-bond donors (Lipinski definition) is 1. The largest absolute Gasteiger partial charge is 0.496 e. The van der Waals surface area contributed by atoms with Gasteiger partial charge in [0.05, 0.1) is 23.3 Å². The zero-order valence-corrected chi connectivity index (χ0v) is 16.6. The number of methoxy groups -OCH3 is 1. The molecule has 0 spiro atoms. The van der Waals surface area contributed by atoms with Crippen LogP contribution in [-0.2, 0) is 9.84 Å². The first-order valence-electron chi connectivity index (χ1n) is 8.36. The average molecular weight is 391 g/mol. The third-order valence-corrected chi connectivity index (χ3v) is 6.29. The summed E-state index contributed by atoms with van der Waals surface area (Å²) in [6.45, 7) is 6.28. The Morgan fingerprint density at radius 1 is 1.36 bits per heavy atom. The third-order valence-electron chi connectivity index (χ3n) is 4.56. The molecule has 0 bridgehead atoms. The summed E-state index contributed by atoms with van der Waals surface area (Å²) in [5, 5.41) is 2.92. The fraction of sp³-hybridized carbons (Fsp3) is 0.588. The molecule has 1 fully saturated rings. The first-order valence-corrected chi connectivity index (χ1v) is 10.0. The van der Waals surface area contributed by atoms with Crippen LogP contribution >= 0.6 is 12.4 Å². The number of rotatable bonds is 7. The van der Waals surface area contributed by atoms with E-state index in [0.717, 1.165) is 25.9 Å². The fourth-order valence-corrected chi connectivity index (χ4v) is 3.98. The predicted octanol–water partition coefficient (Wildman–Crippen LogP) is 2.12. The number of benzene rings is 1. The Labute approximate surface area is 156 Å². The Balaban J connectivity index is 0.00000312. The summed E-state index contributed by atoms with van der Waals surface area (Å²) in [6.07, 6.45) is 2.21. The first kappa shape index (κ1) is 21.7. The van der Waals surface area contributed by atoms with Crippen molar-refractivity contribution in [2.75, 3.05) is 32.5 Å². The monoisotopic (exact) mass is 390 g/mol. The number of nitrogens with zero attached hydrogens (tertiary/aromatic N) is 1. The highest BCUT2D eigenvalue weighted by molar-refractivity contribution is 7.91. The maximum Gasteiger partial charge on any atom is 0.255 e. The van der Waals surface area contributed by atoms with Gasteiger partial charge in [-0.1, -0.05) is 13.8 Å². The first-order chi connectivity index (χ1) is 11.4. The number of amides is 1. The number of likely N-dealkylation sites (N-methyl/N-ethyl adjacent to an activating group) is 1. The zero-order chi connectivity index (χ0) is 17.7. The number of ether oxygens (including phenoxy) is 1. The molecule has 6 nitrogen and oxygen atoms in total. The highest BCUT2D eigenvalue weighted by Gasteiger charge is 2.24. The van der Waals surface area contributed by atoms with Crippen molar-refractivity contribution >= 4 is 28.2 Å². The van der Waals surface area contributed by atoms with E-state index in [1.54, 1.807) is 6.92 Å². The lowest BCUT2D eigenvalue weighted by molar-refractivity contribution is 0.0938. The highest BCUT2D eigenvalue weighted by Crippen LogP contribution is 2.23. The van der Waals surface area contributed by atoms with E-state index in [9.17, 15) is 13.2 Å². The van der Waals surface area contributed by atoms with Crippen molar-refractivity contribution in [2.24, 2.45) is 0 Å². The van der Waals surface area contributed by atoms with Crippen molar-refractivity contribution < 1.29 is 17.9 Å². The summed E-state index contributed by atoms with van der Waals surface area (Å²) in [6, 6.07) is 4.75. The van der Waals surface area contributed by atoms with E-state index in [1.807, 2.05) is 0 Å². The summed E-state index contributed by atoms with van der Waals surface area (Å²) < 4.78 is 29.3. The Hall–Kier alpha value is -1.31. The summed E-state index contributed by atoms with van der Waals surface area (Å²) >= 11 is 0. The molecule has 2 rings (SSSR count). The molecule has 8 heteroatoms. The average Bonchev–Trinajstić information content (AvgIpc) is 3.06. The van der Waals surface area contributed by atoms with E-state index in [4.69, 9.17) is 4.74 Å². The third kappa shape index (κ3) is 5.09. The molecule has 0 aliphatic carbocycles. The van der Waals surface area contributed by atoms with Crippen molar-refractivity contribution in [1.29, 1.82) is 0 Å². The van der Waals surface area contributed by atoms with Gasteiger partial charge in [0.1, 0.15) is 5.75 Å². The standard InChI is InChI=1S/C17H26N2O4S.ClH/c1-4-19-10-6-7-13(19)12-18-17(20)15-11-14(24(21,22)5-2)8-9-16(15)23-3;/h8-9,11,13H,4-7,10,12H2,1-3H3,(H,18,20);1H. The molecule has 1 unspecified atom stereocenters. The van der Waals surface area contributed by atoms with Gasteiger partial charge in [-0.3, -0.25) is 9.69 Å². The molecular formula is C17H27ClN2O4S. The Kier molecular flexibility index (Phi) is 8.18. The Morgan fingerprint density at radius 2 is 2.08 bits per heavy atom. The number of likely N-dealkylation sites (tertiary alicyclic amines) is 1. The van der Waals surface area contributed by atoms with E-state index >= 15 is 0 Å². The van der Waals surface area contributed by atoms with Crippen LogP contribution in [-0.4, -0.2) is 57.8 Å². The van der Waals surface area contributed by atoms with E-state index in [2.05, 4.69) is 17.1 Å². The molecule has 142 valence electrons. The molecular weight excluding hydrogens is 364 g/mol. The SMILES string of the molecule is CCN1CCCC1CNC(=O)c1cc(S(=O)(=O)CC)ccc1OC.Cl. The van der Waals surface area contributed by atoms with Crippen LogP contribution < -0.4 is 10.1 Å². The zero-order valence-electron chi connectivity index (χ0n) is 14.9. The van der Waals surface area contributed by atoms with E-state index in [0.29, 0.717) is 18.3 Å². The quantitative estimate of drug-likeness (QED) is 0.771. The second kappa shape index (κ2) is 9.40. The van der Waals surface area contributed by atoms with Crippen LogP contribution in [0.5, 0.6) is 5.75 Å². The van der Waals surface area contributed by atoms with E-state index in [-0.39, 0.29) is 34.5 Å². The molecule has 1 atom stereocenters. The van der Waals surface area contributed by atoms with Crippen molar-refractivity contribution in [1.82, 2.24) is 10.2 Å². The summed E-state index contributed by atoms with van der Waals surface area (Å²) in [5.74, 6) is 0.0674. The molecule has 1 N–H and O–H groups in total. The van der Waals surface area contributed by atoms with Gasteiger partial charge in [0.15, 0.2) is 9.84 Å². The van der Waals surface area contributed by atoms with Gasteiger partial charge in [-0.2, -0.15) is 0 Å². The molecule has 1 aliphatic rings. The highest BCUT2D eigenvalue weighted by atomic mass is 35.5. The van der Waals surface area contributed by atoms with Crippen LogP contribution in [0.4, 0.5) is 0 Å². The smallest absolute Gasteiger partial charge is 0.255 e. The molecule has 0 aromatic heterocycles. The van der Waals surface area contributed by atoms with Crippen LogP contribution in [0.25, 0.3) is 0 Å². The van der Waals surface area contributed by atoms with Crippen LogP contribution in [0.2, 0.25) is 0 Å². The van der Waals surface area contributed by atoms with Gasteiger partial charge in [-0.15, -0.1) is 12.4 Å². The molecule has 1 aromatic carbocycles. The molecule has 1 heterocycles. The van der Waals surface area contributed by atoms with Crippen LogP contribution in [0, 0.1) is 0 Å². The van der Waals surface area contributed by atoms with E-state index in [1.165, 1.54) is 25.3 Å². The molecule has 1 aliphatic heterocycles. The summed E-state index contributed by atoms with van der Waals surface area (Å²) in [4.78, 5) is 15.0. The second-order valence-electron chi connectivity index (χ2n) is 5.90. The minimum Gasteiger partial charge on any atom is -0.496 e. The summed E-state index contributed by atoms with van der Waals surface area (Å²) in [7, 11) is -1.90. The number of nitrogens with one attached hydrogen (secondary N) is 1. The Morgan fingerprint density at radius 3 is 2.68 bits per heavy atom. The van der Waals surface area contributed by atoms with Gasteiger partial charge in [-0.05, 0) is 44.1 Å². The predicted molar refractivity (Wildman–Crippen MR) is 101 cm³/mol. The van der Waals surface area contributed by atoms with Gasteiger partial charge in [0.2, 0.25) is 0 Å². The lowest BCUT2D eigenvalue weighted by Gasteiger charge is -2.23. The van der Waals surface area contributed by atoms with Crippen molar-refractivity contribution in [2.45, 2.75) is 37.6 Å². The maximum atomic E-state index is 12.5. The topological polar surface area (TPSA) is 75.7 Å². The van der Waals surface area contributed by atoms with Crippen molar-refractivity contribution in [3.63, 3.8) is 0 Å². The van der Waals surface area contributed by atoms with Gasteiger partial charge >= 0.3 is 0 Å². The van der Waals surface area contributed by atoms with Crippen molar-refractivity contribution in [3.8, 4) is 5.75 Å². The maximum absolute atomic E-state index is 12.5. The molecule has 0 radical (unpaired) electrons. The molecule has 1 aromatic rings. The number of carbonyl (C=O) groups is 1. The summed E-state index contributed by atoms with van der Waals surface area (Å²) in [5.41, 5.74) is 0.257. The van der Waals surface area contributed by atoms with Crippen LogP contribution in [0.3, 0.4) is 0 Å². The molecule has 0 saturated carbocycles. The van der Waals surface area contributed by atoms with Gasteiger partial charge in [0, 0.05) is 12.6 Å². The van der Waals surface area contributed by atoms with Gasteiger partial charge in [-0.25, -0.2) is 8.42 Å². The van der Waals surface area contributed by atoms with Gasteiger partial charge in [0.25, 0.3) is 5.91 Å². The Bertz CT molecular complexity index is 694. The lowest BCUT2D eigenvalue weighted by Crippen LogP contribution is -2.40. The minimum atomic E-state index is -3.37. The van der Waals surface area contributed by atoms with Crippen LogP contribution in [0.1, 0.15) is 37.0 Å². The molecule has 25 heavy (non-hydrogen) atoms. The van der Waals surface area contributed by atoms with Crippen LogP contribution in [0.15, 0.2) is 23.1 Å². The van der Waals surface area contributed by atoms with Gasteiger partial charge < -0.3 is 10.1 Å². The van der Waals surface area contributed by atoms with Crippen molar-refractivity contribution in [3.05, 3.63) is 23.8 Å². The molecule has 1 amide bonds. The number of hydrogen-bond acceptors (Lipinski definition) is 5. The number of halogens is 1. The fourth-order valence-electron chi connectivity index (χ4n) is 3.07. The molecule has 1 saturated heterocycles. The van der Waals surface area contributed by atoms with E-state index < -0.39 is 9.84 Å². The normalized spacial score (nSPS) is 17.8. The number of sulfone groups is 1.